The molecule has 20 heavy (non-hydrogen) atoms. The minimum absolute atomic E-state index is 0.0897. The van der Waals surface area contributed by atoms with Crippen molar-refractivity contribution in [3.05, 3.63) is 0 Å². The fraction of sp³-hybridized carbons (Fsp3) is 0.938. The molecule has 2 aliphatic rings. The second kappa shape index (κ2) is 5.64. The van der Waals surface area contributed by atoms with Crippen LogP contribution in [0.1, 0.15) is 60.3 Å². The van der Waals surface area contributed by atoms with Gasteiger partial charge in [-0.15, -0.1) is 0 Å². The fourth-order valence-corrected chi connectivity index (χ4v) is 3.53. The second-order valence-electron chi connectivity index (χ2n) is 7.45. The van der Waals surface area contributed by atoms with Gasteiger partial charge in [0, 0.05) is 23.6 Å². The molecular weight excluding hydrogens is 252 g/mol. The number of amides is 1. The Bertz CT molecular complexity index is 358. The molecule has 0 saturated heterocycles. The van der Waals surface area contributed by atoms with Crippen LogP contribution in [-0.4, -0.2) is 36.2 Å². The Balaban J connectivity index is 1.86. The van der Waals surface area contributed by atoms with E-state index < -0.39 is 0 Å². The molecule has 116 valence electrons. The van der Waals surface area contributed by atoms with E-state index in [1.807, 2.05) is 27.7 Å². The van der Waals surface area contributed by atoms with Gasteiger partial charge in [0.2, 0.25) is 5.91 Å². The van der Waals surface area contributed by atoms with E-state index in [4.69, 9.17) is 4.74 Å². The van der Waals surface area contributed by atoms with Crippen molar-refractivity contribution < 1.29 is 9.53 Å². The van der Waals surface area contributed by atoms with E-state index >= 15 is 0 Å². The van der Waals surface area contributed by atoms with E-state index in [1.165, 1.54) is 19.3 Å². The van der Waals surface area contributed by atoms with Gasteiger partial charge >= 0.3 is 0 Å². The van der Waals surface area contributed by atoms with Gasteiger partial charge in [-0.2, -0.15) is 0 Å². The Kier molecular flexibility index (Phi) is 4.45. The van der Waals surface area contributed by atoms with Crippen molar-refractivity contribution in [3.8, 4) is 0 Å². The van der Waals surface area contributed by atoms with Crippen LogP contribution in [0.4, 0.5) is 0 Å². The number of hydrogen-bond donors (Lipinski definition) is 2. The third kappa shape index (κ3) is 3.01. The summed E-state index contributed by atoms with van der Waals surface area (Å²) in [6.07, 6.45) is 5.22. The summed E-state index contributed by atoms with van der Waals surface area (Å²) >= 11 is 0. The van der Waals surface area contributed by atoms with Gasteiger partial charge in [-0.05, 0) is 53.9 Å². The number of nitrogens with one attached hydrogen (secondary N) is 2. The standard InChI is InChI=1S/C16H30N2O2/c1-6-20-13-10-12(16(13)8-7-9-16)17-11(2)14(19)18-15(3,4)5/h11-13,17H,6-10H2,1-5H3,(H,18,19). The fourth-order valence-electron chi connectivity index (χ4n) is 3.53. The SMILES string of the molecule is CCOC1CC(NC(C)C(=O)NC(C)(C)C)C12CCC2. The summed E-state index contributed by atoms with van der Waals surface area (Å²) in [6.45, 7) is 10.9. The molecule has 0 radical (unpaired) electrons. The summed E-state index contributed by atoms with van der Waals surface area (Å²) < 4.78 is 5.85. The van der Waals surface area contributed by atoms with E-state index in [1.54, 1.807) is 0 Å². The highest BCUT2D eigenvalue weighted by molar-refractivity contribution is 5.82. The van der Waals surface area contributed by atoms with Crippen LogP contribution >= 0.6 is 0 Å². The Morgan fingerprint density at radius 1 is 1.40 bits per heavy atom. The third-order valence-corrected chi connectivity index (χ3v) is 4.78. The summed E-state index contributed by atoms with van der Waals surface area (Å²) in [6, 6.07) is 0.299. The molecule has 1 amide bonds. The molecule has 2 N–H and O–H groups in total. The van der Waals surface area contributed by atoms with Crippen molar-refractivity contribution >= 4 is 5.91 Å². The number of ether oxygens (including phenoxy) is 1. The lowest BCUT2D eigenvalue weighted by Crippen LogP contribution is -2.69. The van der Waals surface area contributed by atoms with E-state index in [9.17, 15) is 4.79 Å². The molecule has 0 heterocycles. The summed E-state index contributed by atoms with van der Waals surface area (Å²) in [7, 11) is 0. The molecule has 0 bridgehead atoms. The number of carbonyl (C=O) groups is 1. The van der Waals surface area contributed by atoms with Crippen LogP contribution in [0.15, 0.2) is 0 Å². The molecule has 4 heteroatoms. The van der Waals surface area contributed by atoms with Crippen LogP contribution in [0.5, 0.6) is 0 Å². The van der Waals surface area contributed by atoms with Crippen LogP contribution in [0.3, 0.4) is 0 Å². The molecule has 3 unspecified atom stereocenters. The summed E-state index contributed by atoms with van der Waals surface area (Å²) in [5, 5.41) is 6.57. The van der Waals surface area contributed by atoms with Gasteiger partial charge in [0.15, 0.2) is 0 Å². The highest BCUT2D eigenvalue weighted by atomic mass is 16.5. The summed E-state index contributed by atoms with van der Waals surface area (Å²) in [5.74, 6) is 0.0897. The number of rotatable bonds is 5. The van der Waals surface area contributed by atoms with Crippen molar-refractivity contribution in [1.82, 2.24) is 10.6 Å². The Morgan fingerprint density at radius 2 is 2.05 bits per heavy atom. The Hall–Kier alpha value is -0.610. The van der Waals surface area contributed by atoms with Gasteiger partial charge in [0.1, 0.15) is 0 Å². The monoisotopic (exact) mass is 282 g/mol. The molecule has 2 fully saturated rings. The van der Waals surface area contributed by atoms with E-state index in [-0.39, 0.29) is 17.5 Å². The van der Waals surface area contributed by atoms with Crippen LogP contribution < -0.4 is 10.6 Å². The molecule has 0 aromatic rings. The largest absolute Gasteiger partial charge is 0.378 e. The molecular formula is C16H30N2O2. The second-order valence-corrected chi connectivity index (χ2v) is 7.45. The van der Waals surface area contributed by atoms with Gasteiger partial charge in [-0.25, -0.2) is 0 Å². The lowest BCUT2D eigenvalue weighted by molar-refractivity contribution is -0.175. The summed E-state index contributed by atoms with van der Waals surface area (Å²) in [5.41, 5.74) is 0.140. The molecule has 4 nitrogen and oxygen atoms in total. The van der Waals surface area contributed by atoms with E-state index in [0.29, 0.717) is 17.6 Å². The Morgan fingerprint density at radius 3 is 2.50 bits per heavy atom. The minimum Gasteiger partial charge on any atom is -0.378 e. The van der Waals surface area contributed by atoms with Crippen LogP contribution in [-0.2, 0) is 9.53 Å². The first-order chi connectivity index (χ1) is 9.28. The van der Waals surface area contributed by atoms with Crippen LogP contribution in [0, 0.1) is 5.41 Å². The van der Waals surface area contributed by atoms with Crippen molar-refractivity contribution in [1.29, 1.82) is 0 Å². The molecule has 2 rings (SSSR count). The van der Waals surface area contributed by atoms with Crippen molar-refractivity contribution in [2.45, 2.75) is 84.0 Å². The zero-order valence-electron chi connectivity index (χ0n) is 13.6. The average molecular weight is 282 g/mol. The predicted molar refractivity (Wildman–Crippen MR) is 80.6 cm³/mol. The smallest absolute Gasteiger partial charge is 0.237 e. The molecule has 0 aromatic heterocycles. The number of carbonyl (C=O) groups excluding carboxylic acids is 1. The van der Waals surface area contributed by atoms with E-state index in [2.05, 4.69) is 17.6 Å². The zero-order valence-corrected chi connectivity index (χ0v) is 13.6. The Labute approximate surface area is 123 Å². The van der Waals surface area contributed by atoms with Crippen LogP contribution in [0.25, 0.3) is 0 Å². The molecule has 0 aromatic carbocycles. The first-order valence-electron chi connectivity index (χ1n) is 7.98. The maximum atomic E-state index is 12.2. The highest BCUT2D eigenvalue weighted by Gasteiger charge is 2.59. The lowest BCUT2D eigenvalue weighted by atomic mass is 9.51. The average Bonchev–Trinajstić information content (AvgIpc) is 2.22. The molecule has 0 aliphatic heterocycles. The van der Waals surface area contributed by atoms with Gasteiger partial charge in [0.25, 0.3) is 0 Å². The maximum Gasteiger partial charge on any atom is 0.237 e. The maximum absolute atomic E-state index is 12.2. The lowest BCUT2D eigenvalue weighted by Gasteiger charge is -2.61. The zero-order chi connectivity index (χ0) is 15.0. The van der Waals surface area contributed by atoms with Crippen molar-refractivity contribution in [2.75, 3.05) is 6.61 Å². The minimum atomic E-state index is -0.172. The summed E-state index contributed by atoms with van der Waals surface area (Å²) in [4.78, 5) is 12.2. The molecule has 3 atom stereocenters. The van der Waals surface area contributed by atoms with E-state index in [0.717, 1.165) is 13.0 Å². The predicted octanol–water partition coefficient (Wildman–Crippen LogP) is 2.23. The first-order valence-corrected chi connectivity index (χ1v) is 7.98. The number of hydrogen-bond acceptors (Lipinski definition) is 3. The third-order valence-electron chi connectivity index (χ3n) is 4.78. The van der Waals surface area contributed by atoms with Gasteiger partial charge in [0.05, 0.1) is 12.1 Å². The van der Waals surface area contributed by atoms with Gasteiger partial charge in [-0.1, -0.05) is 6.42 Å². The topological polar surface area (TPSA) is 50.4 Å². The molecule has 2 aliphatic carbocycles. The highest BCUT2D eigenvalue weighted by Crippen LogP contribution is 2.57. The van der Waals surface area contributed by atoms with Crippen LogP contribution in [0.2, 0.25) is 0 Å². The van der Waals surface area contributed by atoms with Gasteiger partial charge in [-0.3, -0.25) is 4.79 Å². The quantitative estimate of drug-likeness (QED) is 0.813. The normalized spacial score (nSPS) is 29.4. The first kappa shape index (κ1) is 15.8. The van der Waals surface area contributed by atoms with Crippen molar-refractivity contribution in [3.63, 3.8) is 0 Å². The molecule has 1 spiro atoms. The van der Waals surface area contributed by atoms with Gasteiger partial charge < -0.3 is 15.4 Å². The van der Waals surface area contributed by atoms with Crippen molar-refractivity contribution in [2.24, 2.45) is 5.41 Å². The molecule has 2 saturated carbocycles.